The van der Waals surface area contributed by atoms with Crippen molar-refractivity contribution in [3.8, 4) is 0 Å². The number of hydrogen-bond donors (Lipinski definition) is 1. The lowest BCUT2D eigenvalue weighted by molar-refractivity contribution is 0.0544. The van der Waals surface area contributed by atoms with E-state index in [4.69, 9.17) is 4.74 Å². The van der Waals surface area contributed by atoms with Gasteiger partial charge < -0.3 is 15.0 Å². The lowest BCUT2D eigenvalue weighted by Crippen LogP contribution is -2.39. The predicted octanol–water partition coefficient (Wildman–Crippen LogP) is 1.49. The second-order valence-corrected chi connectivity index (χ2v) is 4.46. The molecule has 1 aliphatic heterocycles. The number of nitrogens with zero attached hydrogens (tertiary/aromatic N) is 1. The summed E-state index contributed by atoms with van der Waals surface area (Å²) in [5.41, 5.74) is 0. The van der Waals surface area contributed by atoms with Crippen LogP contribution in [0.25, 0.3) is 0 Å². The molecule has 1 atom stereocenters. The Morgan fingerprint density at radius 2 is 2.20 bits per heavy atom. The van der Waals surface area contributed by atoms with Crippen molar-refractivity contribution in [2.75, 3.05) is 39.9 Å². The highest BCUT2D eigenvalue weighted by Gasteiger charge is 2.18. The lowest BCUT2D eigenvalue weighted by atomic mass is 10.0. The molecular formula is C12H26N2O. The largest absolute Gasteiger partial charge is 0.379 e. The first-order valence-corrected chi connectivity index (χ1v) is 6.33. The fraction of sp³-hybridized carbons (Fsp3) is 1.00. The molecule has 0 amide bonds. The summed E-state index contributed by atoms with van der Waals surface area (Å²) in [5.74, 6) is 0. The van der Waals surface area contributed by atoms with Crippen LogP contribution in [0.5, 0.6) is 0 Å². The quantitative estimate of drug-likeness (QED) is 0.650. The predicted molar refractivity (Wildman–Crippen MR) is 64.2 cm³/mol. The fourth-order valence-corrected chi connectivity index (χ4v) is 2.02. The van der Waals surface area contributed by atoms with E-state index in [0.717, 1.165) is 26.3 Å². The topological polar surface area (TPSA) is 24.5 Å². The molecule has 15 heavy (non-hydrogen) atoms. The zero-order valence-electron chi connectivity index (χ0n) is 10.3. The molecule has 3 heteroatoms. The average molecular weight is 214 g/mol. The summed E-state index contributed by atoms with van der Waals surface area (Å²) in [6.45, 7) is 7.28. The maximum absolute atomic E-state index is 5.69. The van der Waals surface area contributed by atoms with Crippen molar-refractivity contribution in [1.82, 2.24) is 10.2 Å². The summed E-state index contributed by atoms with van der Waals surface area (Å²) in [7, 11) is 2.21. The van der Waals surface area contributed by atoms with Gasteiger partial charge in [-0.05, 0) is 39.4 Å². The van der Waals surface area contributed by atoms with Gasteiger partial charge in [-0.1, -0.05) is 13.3 Å². The van der Waals surface area contributed by atoms with E-state index in [0.29, 0.717) is 6.04 Å². The van der Waals surface area contributed by atoms with Crippen LogP contribution in [-0.2, 0) is 4.74 Å². The van der Waals surface area contributed by atoms with E-state index in [-0.39, 0.29) is 0 Å². The van der Waals surface area contributed by atoms with Crippen molar-refractivity contribution >= 4 is 0 Å². The second kappa shape index (κ2) is 8.08. The van der Waals surface area contributed by atoms with Gasteiger partial charge in [-0.15, -0.1) is 0 Å². The first-order chi connectivity index (χ1) is 7.34. The first-order valence-electron chi connectivity index (χ1n) is 6.33. The Kier molecular flexibility index (Phi) is 6.98. The Balaban J connectivity index is 1.94. The SMILES string of the molecule is CCCNCCOCC1CCCCN1C. The molecule has 0 aliphatic carbocycles. The Labute approximate surface area is 94.2 Å². The van der Waals surface area contributed by atoms with Crippen LogP contribution in [0.15, 0.2) is 0 Å². The molecule has 1 rings (SSSR count). The van der Waals surface area contributed by atoms with E-state index in [1.165, 1.54) is 32.2 Å². The number of ether oxygens (including phenoxy) is 1. The van der Waals surface area contributed by atoms with Crippen LogP contribution in [0.2, 0.25) is 0 Å². The zero-order chi connectivity index (χ0) is 10.9. The van der Waals surface area contributed by atoms with Gasteiger partial charge in [0, 0.05) is 12.6 Å². The minimum Gasteiger partial charge on any atom is -0.379 e. The molecule has 1 fully saturated rings. The molecule has 0 spiro atoms. The molecule has 1 N–H and O–H groups in total. The summed E-state index contributed by atoms with van der Waals surface area (Å²) >= 11 is 0. The van der Waals surface area contributed by atoms with Gasteiger partial charge in [-0.25, -0.2) is 0 Å². The number of piperidine rings is 1. The molecule has 1 aliphatic rings. The second-order valence-electron chi connectivity index (χ2n) is 4.46. The van der Waals surface area contributed by atoms with Crippen molar-refractivity contribution in [3.05, 3.63) is 0 Å². The van der Waals surface area contributed by atoms with E-state index in [1.807, 2.05) is 0 Å². The number of hydrogen-bond acceptors (Lipinski definition) is 3. The molecule has 0 aromatic carbocycles. The Bertz CT molecular complexity index is 153. The number of likely N-dealkylation sites (tertiary alicyclic amines) is 1. The van der Waals surface area contributed by atoms with Crippen LogP contribution in [0.4, 0.5) is 0 Å². The van der Waals surface area contributed by atoms with Crippen LogP contribution in [-0.4, -0.2) is 50.8 Å². The first kappa shape index (κ1) is 12.9. The summed E-state index contributed by atoms with van der Waals surface area (Å²) < 4.78 is 5.69. The van der Waals surface area contributed by atoms with Crippen molar-refractivity contribution < 1.29 is 4.74 Å². The van der Waals surface area contributed by atoms with Crippen LogP contribution in [0.1, 0.15) is 32.6 Å². The van der Waals surface area contributed by atoms with Gasteiger partial charge in [0.1, 0.15) is 0 Å². The maximum atomic E-state index is 5.69. The maximum Gasteiger partial charge on any atom is 0.0622 e. The molecule has 0 saturated carbocycles. The highest BCUT2D eigenvalue weighted by Crippen LogP contribution is 2.14. The number of rotatable bonds is 7. The monoisotopic (exact) mass is 214 g/mol. The van der Waals surface area contributed by atoms with Gasteiger partial charge in [-0.2, -0.15) is 0 Å². The number of likely N-dealkylation sites (N-methyl/N-ethyl adjacent to an activating group) is 1. The zero-order valence-corrected chi connectivity index (χ0v) is 10.3. The van der Waals surface area contributed by atoms with Crippen molar-refractivity contribution in [2.45, 2.75) is 38.6 Å². The third kappa shape index (κ3) is 5.50. The van der Waals surface area contributed by atoms with Gasteiger partial charge in [0.05, 0.1) is 13.2 Å². The highest BCUT2D eigenvalue weighted by atomic mass is 16.5. The fourth-order valence-electron chi connectivity index (χ4n) is 2.02. The smallest absolute Gasteiger partial charge is 0.0622 e. The highest BCUT2D eigenvalue weighted by molar-refractivity contribution is 4.73. The summed E-state index contributed by atoms with van der Waals surface area (Å²) in [6.07, 6.45) is 5.22. The van der Waals surface area contributed by atoms with Gasteiger partial charge in [0.2, 0.25) is 0 Å². The van der Waals surface area contributed by atoms with Crippen LogP contribution in [0, 0.1) is 0 Å². The number of nitrogens with one attached hydrogen (secondary N) is 1. The molecule has 1 unspecified atom stereocenters. The molecule has 0 aromatic rings. The third-order valence-electron chi connectivity index (χ3n) is 3.08. The molecule has 0 radical (unpaired) electrons. The molecule has 1 saturated heterocycles. The van der Waals surface area contributed by atoms with Crippen LogP contribution in [0.3, 0.4) is 0 Å². The Morgan fingerprint density at radius 3 is 2.93 bits per heavy atom. The van der Waals surface area contributed by atoms with Gasteiger partial charge >= 0.3 is 0 Å². The van der Waals surface area contributed by atoms with Crippen molar-refractivity contribution in [1.29, 1.82) is 0 Å². The summed E-state index contributed by atoms with van der Waals surface area (Å²) in [6, 6.07) is 0.657. The molecule has 0 aromatic heterocycles. The molecule has 3 nitrogen and oxygen atoms in total. The summed E-state index contributed by atoms with van der Waals surface area (Å²) in [4.78, 5) is 2.43. The van der Waals surface area contributed by atoms with E-state index < -0.39 is 0 Å². The molecule has 90 valence electrons. The van der Waals surface area contributed by atoms with E-state index in [1.54, 1.807) is 0 Å². The van der Waals surface area contributed by atoms with Crippen molar-refractivity contribution in [2.24, 2.45) is 0 Å². The Hall–Kier alpha value is -0.120. The van der Waals surface area contributed by atoms with Crippen LogP contribution >= 0.6 is 0 Å². The summed E-state index contributed by atoms with van der Waals surface area (Å²) in [5, 5.41) is 3.35. The molecule has 0 bridgehead atoms. The van der Waals surface area contributed by atoms with Crippen LogP contribution < -0.4 is 5.32 Å². The van der Waals surface area contributed by atoms with E-state index in [9.17, 15) is 0 Å². The lowest BCUT2D eigenvalue weighted by Gasteiger charge is -2.32. The van der Waals surface area contributed by atoms with Gasteiger partial charge in [0.25, 0.3) is 0 Å². The minimum absolute atomic E-state index is 0.657. The van der Waals surface area contributed by atoms with Gasteiger partial charge in [-0.3, -0.25) is 0 Å². The standard InChI is InChI=1S/C12H26N2O/c1-3-7-13-8-10-15-11-12-6-4-5-9-14(12)2/h12-13H,3-11H2,1-2H3. The van der Waals surface area contributed by atoms with E-state index >= 15 is 0 Å². The van der Waals surface area contributed by atoms with Crippen molar-refractivity contribution in [3.63, 3.8) is 0 Å². The average Bonchev–Trinajstić information content (AvgIpc) is 2.25. The van der Waals surface area contributed by atoms with E-state index in [2.05, 4.69) is 24.2 Å². The minimum atomic E-state index is 0.657. The third-order valence-corrected chi connectivity index (χ3v) is 3.08. The van der Waals surface area contributed by atoms with Gasteiger partial charge in [0.15, 0.2) is 0 Å². The Morgan fingerprint density at radius 1 is 1.33 bits per heavy atom. The molecular weight excluding hydrogens is 188 g/mol. The normalized spacial score (nSPS) is 23.2. The molecule has 1 heterocycles.